The number of benzene rings is 1. The Morgan fingerprint density at radius 1 is 1.15 bits per heavy atom. The third-order valence-corrected chi connectivity index (χ3v) is 2.71. The lowest BCUT2D eigenvalue weighted by Gasteiger charge is -1.96. The quantitative estimate of drug-likeness (QED) is 0.468. The van der Waals surface area contributed by atoms with E-state index in [9.17, 15) is 14.4 Å². The van der Waals surface area contributed by atoms with Crippen LogP contribution >= 0.6 is 0 Å². The summed E-state index contributed by atoms with van der Waals surface area (Å²) in [6, 6.07) is 11.1. The van der Waals surface area contributed by atoms with Crippen LogP contribution in [0.25, 0.3) is 0 Å². The Morgan fingerprint density at radius 3 is 2.50 bits per heavy atom. The number of rotatable bonds is 6. The molecule has 0 saturated heterocycles. The molecule has 6 nitrogen and oxygen atoms in total. The fourth-order valence-electron chi connectivity index (χ4n) is 1.72. The number of nitrogens with one attached hydrogen (secondary N) is 1. The van der Waals surface area contributed by atoms with Gasteiger partial charge in [0.05, 0.1) is 6.42 Å². The number of Topliss-reactive ketones (excluding diaryl/α,β-unsaturated/α-hetero) is 2. The second kappa shape index (κ2) is 5.92. The Kier molecular flexibility index (Phi) is 4.05. The molecule has 6 heteroatoms. The number of carboxylic acids is 1. The number of carbonyl (C=O) groups is 3. The van der Waals surface area contributed by atoms with E-state index in [1.54, 1.807) is 0 Å². The average molecular weight is 272 g/mol. The lowest BCUT2D eigenvalue weighted by Crippen LogP contribution is -2.17. The van der Waals surface area contributed by atoms with E-state index in [0.717, 1.165) is 11.3 Å². The molecule has 0 aliphatic heterocycles. The Hall–Kier alpha value is -2.76. The normalized spacial score (nSPS) is 10.2. The van der Waals surface area contributed by atoms with Crippen LogP contribution in [0, 0.1) is 0 Å². The van der Waals surface area contributed by atoms with Crippen LogP contribution in [0.2, 0.25) is 0 Å². The maximum absolute atomic E-state index is 11.7. The van der Waals surface area contributed by atoms with Gasteiger partial charge in [-0.1, -0.05) is 30.3 Å². The van der Waals surface area contributed by atoms with Crippen molar-refractivity contribution < 1.29 is 19.5 Å². The van der Waals surface area contributed by atoms with E-state index in [2.05, 4.69) is 10.2 Å². The van der Waals surface area contributed by atoms with Gasteiger partial charge in [0, 0.05) is 12.1 Å². The summed E-state index contributed by atoms with van der Waals surface area (Å²) in [5.41, 5.74) is 1.85. The van der Waals surface area contributed by atoms with Gasteiger partial charge in [0.1, 0.15) is 5.69 Å². The lowest BCUT2D eigenvalue weighted by molar-refractivity contribution is -0.148. The standard InChI is InChI=1S/C14H12N2O4/c17-12(8-13(18)14(19)20)11-7-10(15-16-11)6-9-4-2-1-3-5-9/h1-5,7H,6,8H2,(H,15,16)(H,19,20). The number of H-pyrrole nitrogens is 1. The maximum Gasteiger partial charge on any atom is 0.372 e. The Morgan fingerprint density at radius 2 is 1.85 bits per heavy atom. The smallest absolute Gasteiger partial charge is 0.372 e. The zero-order valence-electron chi connectivity index (χ0n) is 10.5. The molecule has 102 valence electrons. The summed E-state index contributed by atoms with van der Waals surface area (Å²) in [4.78, 5) is 33.0. The van der Waals surface area contributed by atoms with Gasteiger partial charge in [0.25, 0.3) is 0 Å². The van der Waals surface area contributed by atoms with Crippen LogP contribution in [0.5, 0.6) is 0 Å². The minimum atomic E-state index is -1.61. The van der Waals surface area contributed by atoms with E-state index in [1.165, 1.54) is 6.07 Å². The predicted octanol–water partition coefficient (Wildman–Crippen LogP) is 1.23. The van der Waals surface area contributed by atoms with E-state index in [4.69, 9.17) is 5.11 Å². The monoisotopic (exact) mass is 272 g/mol. The van der Waals surface area contributed by atoms with Gasteiger partial charge < -0.3 is 5.11 Å². The molecule has 0 bridgehead atoms. The number of aromatic amines is 1. The highest BCUT2D eigenvalue weighted by atomic mass is 16.4. The first kappa shape index (κ1) is 13.7. The number of carboxylic acid groups (broad SMARTS) is 1. The third kappa shape index (κ3) is 3.38. The van der Waals surface area contributed by atoms with Crippen LogP contribution in [0.15, 0.2) is 36.4 Å². The van der Waals surface area contributed by atoms with Crippen molar-refractivity contribution in [2.24, 2.45) is 0 Å². The van der Waals surface area contributed by atoms with Crippen molar-refractivity contribution in [2.75, 3.05) is 0 Å². The molecule has 20 heavy (non-hydrogen) atoms. The van der Waals surface area contributed by atoms with Gasteiger partial charge in [0.15, 0.2) is 5.78 Å². The first-order valence-electron chi connectivity index (χ1n) is 5.94. The number of carbonyl (C=O) groups excluding carboxylic acids is 2. The molecule has 2 aromatic rings. The van der Waals surface area contributed by atoms with Crippen molar-refractivity contribution in [1.82, 2.24) is 10.2 Å². The van der Waals surface area contributed by atoms with Gasteiger partial charge in [-0.15, -0.1) is 0 Å². The molecular weight excluding hydrogens is 260 g/mol. The van der Waals surface area contributed by atoms with Gasteiger partial charge in [0.2, 0.25) is 5.78 Å². The number of ketones is 2. The fourth-order valence-corrected chi connectivity index (χ4v) is 1.72. The maximum atomic E-state index is 11.7. The minimum absolute atomic E-state index is 0.0746. The highest BCUT2D eigenvalue weighted by Crippen LogP contribution is 2.09. The molecule has 0 radical (unpaired) electrons. The van der Waals surface area contributed by atoms with Crippen molar-refractivity contribution >= 4 is 17.5 Å². The number of aliphatic carboxylic acids is 1. The lowest BCUT2D eigenvalue weighted by atomic mass is 10.1. The Labute approximate surface area is 114 Å². The third-order valence-electron chi connectivity index (χ3n) is 2.71. The zero-order chi connectivity index (χ0) is 14.5. The molecule has 1 heterocycles. The van der Waals surface area contributed by atoms with E-state index >= 15 is 0 Å². The molecule has 0 unspecified atom stereocenters. The first-order valence-corrected chi connectivity index (χ1v) is 5.94. The molecule has 2 N–H and O–H groups in total. The molecule has 0 spiro atoms. The summed E-state index contributed by atoms with van der Waals surface area (Å²) >= 11 is 0. The number of nitrogens with zero attached hydrogens (tertiary/aromatic N) is 1. The van der Waals surface area contributed by atoms with Crippen molar-refractivity contribution in [3.63, 3.8) is 0 Å². The van der Waals surface area contributed by atoms with E-state index in [-0.39, 0.29) is 5.69 Å². The first-order chi connectivity index (χ1) is 9.56. The van der Waals surface area contributed by atoms with Crippen LogP contribution in [-0.2, 0) is 16.0 Å². The molecule has 1 aromatic carbocycles. The van der Waals surface area contributed by atoms with Gasteiger partial charge >= 0.3 is 5.97 Å². The molecule has 1 aromatic heterocycles. The largest absolute Gasteiger partial charge is 0.475 e. The van der Waals surface area contributed by atoms with Crippen molar-refractivity contribution in [3.8, 4) is 0 Å². The average Bonchev–Trinajstić information content (AvgIpc) is 2.88. The molecule has 2 rings (SSSR count). The summed E-state index contributed by atoms with van der Waals surface area (Å²) in [5, 5.41) is 15.0. The molecular formula is C14H12N2O4. The molecule has 0 atom stereocenters. The van der Waals surface area contributed by atoms with Crippen LogP contribution < -0.4 is 0 Å². The molecule has 0 amide bonds. The SMILES string of the molecule is O=C(O)C(=O)CC(=O)c1cc(Cc2ccccc2)[nH]n1. The number of aromatic nitrogens is 2. The highest BCUT2D eigenvalue weighted by Gasteiger charge is 2.19. The zero-order valence-corrected chi connectivity index (χ0v) is 10.5. The minimum Gasteiger partial charge on any atom is -0.475 e. The van der Waals surface area contributed by atoms with Crippen LogP contribution in [0.3, 0.4) is 0 Å². The van der Waals surface area contributed by atoms with Gasteiger partial charge in [-0.05, 0) is 11.6 Å². The molecule has 0 aliphatic carbocycles. The number of hydrogen-bond acceptors (Lipinski definition) is 4. The van der Waals surface area contributed by atoms with Gasteiger partial charge in [-0.3, -0.25) is 14.7 Å². The van der Waals surface area contributed by atoms with Crippen molar-refractivity contribution in [1.29, 1.82) is 0 Å². The summed E-state index contributed by atoms with van der Waals surface area (Å²) < 4.78 is 0. The number of hydrogen-bond donors (Lipinski definition) is 2. The van der Waals surface area contributed by atoms with Crippen molar-refractivity contribution in [2.45, 2.75) is 12.8 Å². The van der Waals surface area contributed by atoms with Crippen LogP contribution in [-0.4, -0.2) is 32.8 Å². The van der Waals surface area contributed by atoms with Crippen molar-refractivity contribution in [3.05, 3.63) is 53.3 Å². The Bertz CT molecular complexity index is 646. The summed E-state index contributed by atoms with van der Waals surface area (Å²) in [7, 11) is 0. The van der Waals surface area contributed by atoms with E-state index in [1.807, 2.05) is 30.3 Å². The van der Waals surface area contributed by atoms with Crippen LogP contribution in [0.1, 0.15) is 28.2 Å². The second-order valence-corrected chi connectivity index (χ2v) is 4.27. The molecule has 0 fully saturated rings. The van der Waals surface area contributed by atoms with E-state index < -0.39 is 24.0 Å². The summed E-state index contributed by atoms with van der Waals surface area (Å²) in [5.74, 6) is -3.35. The Balaban J connectivity index is 2.04. The van der Waals surface area contributed by atoms with Gasteiger partial charge in [-0.2, -0.15) is 5.10 Å². The summed E-state index contributed by atoms with van der Waals surface area (Å²) in [6.45, 7) is 0. The topological polar surface area (TPSA) is 100 Å². The molecule has 0 aliphatic rings. The second-order valence-electron chi connectivity index (χ2n) is 4.27. The van der Waals surface area contributed by atoms with Gasteiger partial charge in [-0.25, -0.2) is 4.79 Å². The molecule has 0 saturated carbocycles. The van der Waals surface area contributed by atoms with Crippen LogP contribution in [0.4, 0.5) is 0 Å². The summed E-state index contributed by atoms with van der Waals surface area (Å²) in [6.07, 6.45) is -0.0983. The predicted molar refractivity (Wildman–Crippen MR) is 69.4 cm³/mol. The van der Waals surface area contributed by atoms with E-state index in [0.29, 0.717) is 6.42 Å². The highest BCUT2D eigenvalue weighted by molar-refractivity contribution is 6.37. The fraction of sp³-hybridized carbons (Fsp3) is 0.143.